The molecule has 0 saturated heterocycles. The summed E-state index contributed by atoms with van der Waals surface area (Å²) in [5.74, 6) is 0. The van der Waals surface area contributed by atoms with Gasteiger partial charge in [0.25, 0.3) is 0 Å². The van der Waals surface area contributed by atoms with Crippen molar-refractivity contribution < 1.29 is 0 Å². The summed E-state index contributed by atoms with van der Waals surface area (Å²) in [5, 5.41) is 3.52. The van der Waals surface area contributed by atoms with Crippen LogP contribution < -0.4 is 5.32 Å². The van der Waals surface area contributed by atoms with Crippen molar-refractivity contribution in [2.24, 2.45) is 0 Å². The van der Waals surface area contributed by atoms with Crippen molar-refractivity contribution in [1.29, 1.82) is 0 Å². The molecule has 0 unspecified atom stereocenters. The average molecular weight is 336 g/mol. The molecule has 1 aliphatic heterocycles. The Hall–Kier alpha value is -0.640. The number of aryl methyl sites for hydroxylation is 1. The number of halogens is 1. The zero-order chi connectivity index (χ0) is 13.6. The first kappa shape index (κ1) is 13.3. The van der Waals surface area contributed by atoms with Crippen molar-refractivity contribution in [3.05, 3.63) is 44.7 Å². The fraction of sp³-hybridized carbons (Fsp3) is 0.375. The summed E-state index contributed by atoms with van der Waals surface area (Å²) in [6, 6.07) is 9.01. The number of hydrogen-bond acceptors (Lipinski definition) is 2. The lowest BCUT2D eigenvalue weighted by atomic mass is 9.82. The molecule has 100 valence electrons. The largest absolute Gasteiger partial charge is 0.311 e. The Morgan fingerprint density at radius 3 is 2.74 bits per heavy atom. The number of benzene rings is 1. The van der Waals surface area contributed by atoms with E-state index in [2.05, 4.69) is 66.3 Å². The minimum atomic E-state index is 0.243. The molecule has 0 radical (unpaired) electrons. The maximum atomic E-state index is 3.57. The summed E-state index contributed by atoms with van der Waals surface area (Å²) >= 11 is 5.50. The van der Waals surface area contributed by atoms with Crippen LogP contribution in [0.25, 0.3) is 10.4 Å². The van der Waals surface area contributed by atoms with Crippen LogP contribution in [0.2, 0.25) is 0 Å². The topological polar surface area (TPSA) is 12.0 Å². The molecule has 1 aromatic heterocycles. The second kappa shape index (κ2) is 4.72. The molecule has 3 heteroatoms. The first-order chi connectivity index (χ1) is 8.97. The van der Waals surface area contributed by atoms with E-state index in [0.717, 1.165) is 13.1 Å². The van der Waals surface area contributed by atoms with Crippen LogP contribution in [-0.4, -0.2) is 6.54 Å². The molecule has 1 aliphatic rings. The van der Waals surface area contributed by atoms with Gasteiger partial charge in [-0.2, -0.15) is 0 Å². The molecule has 0 spiro atoms. The van der Waals surface area contributed by atoms with Crippen LogP contribution in [0.4, 0.5) is 0 Å². The highest BCUT2D eigenvalue weighted by molar-refractivity contribution is 9.10. The molecule has 1 nitrogen and oxygen atoms in total. The highest BCUT2D eigenvalue weighted by Crippen LogP contribution is 2.40. The molecule has 0 atom stereocenters. The summed E-state index contributed by atoms with van der Waals surface area (Å²) in [4.78, 5) is 2.88. The molecule has 3 rings (SSSR count). The Kier molecular flexibility index (Phi) is 3.32. The van der Waals surface area contributed by atoms with Gasteiger partial charge in [-0.25, -0.2) is 0 Å². The van der Waals surface area contributed by atoms with Crippen LogP contribution >= 0.6 is 27.3 Å². The van der Waals surface area contributed by atoms with E-state index in [1.165, 1.54) is 30.9 Å². The van der Waals surface area contributed by atoms with Crippen LogP contribution in [-0.2, 0) is 12.0 Å². The van der Waals surface area contributed by atoms with Gasteiger partial charge in [-0.05, 0) is 41.8 Å². The van der Waals surface area contributed by atoms with E-state index in [0.29, 0.717) is 0 Å². The zero-order valence-electron chi connectivity index (χ0n) is 11.5. The van der Waals surface area contributed by atoms with E-state index in [4.69, 9.17) is 0 Å². The van der Waals surface area contributed by atoms with E-state index >= 15 is 0 Å². The van der Waals surface area contributed by atoms with Crippen molar-refractivity contribution >= 4 is 27.3 Å². The molecular formula is C16H18BrNS. The van der Waals surface area contributed by atoms with Crippen molar-refractivity contribution in [2.45, 2.75) is 32.7 Å². The Morgan fingerprint density at radius 2 is 2.05 bits per heavy atom. The third-order valence-corrected chi connectivity index (χ3v) is 5.91. The molecule has 0 aliphatic carbocycles. The molecule has 2 heterocycles. The number of fused-ring (bicyclic) bond motifs is 1. The van der Waals surface area contributed by atoms with Crippen LogP contribution in [0.1, 0.15) is 29.9 Å². The van der Waals surface area contributed by atoms with E-state index in [-0.39, 0.29) is 5.41 Å². The van der Waals surface area contributed by atoms with Crippen LogP contribution in [0.15, 0.2) is 28.7 Å². The Labute approximate surface area is 127 Å². The van der Waals surface area contributed by atoms with Gasteiger partial charge in [-0.1, -0.05) is 35.8 Å². The van der Waals surface area contributed by atoms with E-state index in [1.807, 2.05) is 11.3 Å². The maximum Gasteiger partial charge on any atom is 0.0349 e. The summed E-state index contributed by atoms with van der Waals surface area (Å²) in [7, 11) is 0. The minimum Gasteiger partial charge on any atom is -0.311 e. The summed E-state index contributed by atoms with van der Waals surface area (Å²) in [5.41, 5.74) is 4.39. The lowest BCUT2D eigenvalue weighted by molar-refractivity contribution is 0.440. The second-order valence-corrected chi connectivity index (χ2v) is 7.89. The first-order valence-corrected chi connectivity index (χ1v) is 8.19. The van der Waals surface area contributed by atoms with E-state index < -0.39 is 0 Å². The van der Waals surface area contributed by atoms with Gasteiger partial charge in [-0.15, -0.1) is 11.3 Å². The van der Waals surface area contributed by atoms with Crippen LogP contribution in [0.5, 0.6) is 0 Å². The maximum absolute atomic E-state index is 3.57. The zero-order valence-corrected chi connectivity index (χ0v) is 13.9. The van der Waals surface area contributed by atoms with Gasteiger partial charge < -0.3 is 5.32 Å². The van der Waals surface area contributed by atoms with Gasteiger partial charge in [0.05, 0.1) is 0 Å². The Balaban J connectivity index is 2.07. The fourth-order valence-corrected chi connectivity index (χ4v) is 4.21. The molecule has 1 N–H and O–H groups in total. The SMILES string of the molecule is Cc1cc(-c2cc3c(s2)CNCC3(C)C)ccc1Br. The lowest BCUT2D eigenvalue weighted by Crippen LogP contribution is -2.37. The molecular weight excluding hydrogens is 318 g/mol. The molecule has 2 aromatic rings. The van der Waals surface area contributed by atoms with Gasteiger partial charge >= 0.3 is 0 Å². The summed E-state index contributed by atoms with van der Waals surface area (Å²) in [6.45, 7) is 8.86. The smallest absolute Gasteiger partial charge is 0.0349 e. The number of hydrogen-bond donors (Lipinski definition) is 1. The molecule has 0 bridgehead atoms. The second-order valence-electron chi connectivity index (χ2n) is 5.90. The molecule has 19 heavy (non-hydrogen) atoms. The first-order valence-electron chi connectivity index (χ1n) is 6.58. The van der Waals surface area contributed by atoms with E-state index in [1.54, 1.807) is 0 Å². The Morgan fingerprint density at radius 1 is 1.26 bits per heavy atom. The van der Waals surface area contributed by atoms with Gasteiger partial charge in [0.1, 0.15) is 0 Å². The van der Waals surface area contributed by atoms with Crippen molar-refractivity contribution in [2.75, 3.05) is 6.54 Å². The minimum absolute atomic E-state index is 0.243. The molecule has 0 saturated carbocycles. The normalized spacial score (nSPS) is 17.3. The van der Waals surface area contributed by atoms with Crippen LogP contribution in [0.3, 0.4) is 0 Å². The van der Waals surface area contributed by atoms with Gasteiger partial charge in [0, 0.05) is 32.7 Å². The van der Waals surface area contributed by atoms with Crippen molar-refractivity contribution in [3.8, 4) is 10.4 Å². The Bertz CT molecular complexity index is 628. The highest BCUT2D eigenvalue weighted by Gasteiger charge is 2.29. The van der Waals surface area contributed by atoms with Crippen molar-refractivity contribution in [1.82, 2.24) is 5.32 Å². The molecule has 0 fully saturated rings. The van der Waals surface area contributed by atoms with E-state index in [9.17, 15) is 0 Å². The highest BCUT2D eigenvalue weighted by atomic mass is 79.9. The van der Waals surface area contributed by atoms with Crippen molar-refractivity contribution in [3.63, 3.8) is 0 Å². The predicted molar refractivity (Wildman–Crippen MR) is 86.9 cm³/mol. The predicted octanol–water partition coefficient (Wildman–Crippen LogP) is 4.87. The number of nitrogens with one attached hydrogen (secondary N) is 1. The fourth-order valence-electron chi connectivity index (χ4n) is 2.66. The monoisotopic (exact) mass is 335 g/mol. The summed E-state index contributed by atoms with van der Waals surface area (Å²) in [6.07, 6.45) is 0. The number of thiophene rings is 1. The summed E-state index contributed by atoms with van der Waals surface area (Å²) < 4.78 is 1.18. The average Bonchev–Trinajstić information content (AvgIpc) is 2.78. The molecule has 1 aromatic carbocycles. The lowest BCUT2D eigenvalue weighted by Gasteiger charge is -2.30. The van der Waals surface area contributed by atoms with Gasteiger partial charge in [0.15, 0.2) is 0 Å². The third-order valence-electron chi connectivity index (χ3n) is 3.83. The quantitative estimate of drug-likeness (QED) is 0.784. The van der Waals surface area contributed by atoms with Gasteiger partial charge in [-0.3, -0.25) is 0 Å². The third kappa shape index (κ3) is 2.39. The van der Waals surface area contributed by atoms with Crippen LogP contribution in [0, 0.1) is 6.92 Å². The van der Waals surface area contributed by atoms with Gasteiger partial charge in [0.2, 0.25) is 0 Å². The standard InChI is InChI=1S/C16H18BrNS/c1-10-6-11(4-5-13(10)17)14-7-12-15(19-14)8-18-9-16(12,2)3/h4-7,18H,8-9H2,1-3H3. The number of rotatable bonds is 1. The molecule has 0 amide bonds.